The molecule has 122 valence electrons. The summed E-state index contributed by atoms with van der Waals surface area (Å²) >= 11 is 3.52. The van der Waals surface area contributed by atoms with Crippen molar-refractivity contribution in [1.29, 1.82) is 0 Å². The Balaban J connectivity index is 1.66. The molecule has 2 N–H and O–H groups in total. The molecule has 0 bridgehead atoms. The van der Waals surface area contributed by atoms with Crippen molar-refractivity contribution >= 4 is 27.5 Å². The number of aryl methyl sites for hydroxylation is 2. The molecule has 1 amide bonds. The number of nitrogens with one attached hydrogen (secondary N) is 2. The third-order valence-electron chi connectivity index (χ3n) is 4.61. The Morgan fingerprint density at radius 1 is 1.43 bits per heavy atom. The van der Waals surface area contributed by atoms with Gasteiger partial charge in [0, 0.05) is 30.6 Å². The molecule has 5 heteroatoms. The van der Waals surface area contributed by atoms with Gasteiger partial charge in [0.05, 0.1) is 17.9 Å². The number of benzene rings is 1. The highest BCUT2D eigenvalue weighted by Crippen LogP contribution is 2.23. The zero-order valence-corrected chi connectivity index (χ0v) is 15.2. The fraction of sp³-hybridized carbons (Fsp3) is 0.389. The molecule has 1 fully saturated rings. The summed E-state index contributed by atoms with van der Waals surface area (Å²) in [5.74, 6) is 0.0747. The summed E-state index contributed by atoms with van der Waals surface area (Å²) < 4.78 is 3.10. The van der Waals surface area contributed by atoms with Crippen molar-refractivity contribution in [3.63, 3.8) is 0 Å². The maximum absolute atomic E-state index is 12.4. The summed E-state index contributed by atoms with van der Waals surface area (Å²) in [6.07, 6.45) is 4.40. The van der Waals surface area contributed by atoms with Crippen LogP contribution in [0.4, 0.5) is 5.69 Å². The molecule has 23 heavy (non-hydrogen) atoms. The number of anilines is 1. The lowest BCUT2D eigenvalue weighted by Crippen LogP contribution is -3.11. The van der Waals surface area contributed by atoms with Crippen LogP contribution in [0.2, 0.25) is 0 Å². The average Bonchev–Trinajstić information content (AvgIpc) is 3.10. The molecule has 2 heterocycles. The fourth-order valence-corrected chi connectivity index (χ4v) is 4.03. The number of likely N-dealkylation sites (tertiary alicyclic amines) is 1. The SMILES string of the molecule is Cc1ccc(NC(=O)C[NH+]2CCC[C@@H]2c2cccn2C)c(Br)c1. The zero-order valence-electron chi connectivity index (χ0n) is 13.6. The van der Waals surface area contributed by atoms with Gasteiger partial charge in [-0.2, -0.15) is 0 Å². The predicted octanol–water partition coefficient (Wildman–Crippen LogP) is 2.45. The Hall–Kier alpha value is -1.59. The van der Waals surface area contributed by atoms with Crippen LogP contribution >= 0.6 is 15.9 Å². The number of halogens is 1. The second-order valence-corrected chi connectivity index (χ2v) is 7.21. The van der Waals surface area contributed by atoms with E-state index in [0.717, 1.165) is 23.1 Å². The van der Waals surface area contributed by atoms with Gasteiger partial charge in [-0.25, -0.2) is 0 Å². The first-order valence-corrected chi connectivity index (χ1v) is 8.85. The van der Waals surface area contributed by atoms with Gasteiger partial charge in [-0.15, -0.1) is 0 Å². The minimum Gasteiger partial charge on any atom is -0.350 e. The lowest BCUT2D eigenvalue weighted by molar-refractivity contribution is -0.910. The average molecular weight is 377 g/mol. The number of hydrogen-bond acceptors (Lipinski definition) is 1. The predicted molar refractivity (Wildman–Crippen MR) is 95.6 cm³/mol. The van der Waals surface area contributed by atoms with Gasteiger partial charge in [0.25, 0.3) is 5.91 Å². The number of carbonyl (C=O) groups is 1. The number of rotatable bonds is 4. The van der Waals surface area contributed by atoms with Crippen molar-refractivity contribution in [1.82, 2.24) is 4.57 Å². The Morgan fingerprint density at radius 3 is 2.96 bits per heavy atom. The first-order chi connectivity index (χ1) is 11.0. The molecule has 1 aliphatic heterocycles. The molecule has 0 radical (unpaired) electrons. The lowest BCUT2D eigenvalue weighted by atomic mass is 10.1. The van der Waals surface area contributed by atoms with Crippen molar-refractivity contribution < 1.29 is 9.69 Å². The molecule has 1 aliphatic rings. The lowest BCUT2D eigenvalue weighted by Gasteiger charge is -2.21. The van der Waals surface area contributed by atoms with Crippen LogP contribution in [-0.2, 0) is 11.8 Å². The Kier molecular flexibility index (Phi) is 4.87. The van der Waals surface area contributed by atoms with E-state index >= 15 is 0 Å². The van der Waals surface area contributed by atoms with E-state index in [1.54, 1.807) is 0 Å². The van der Waals surface area contributed by atoms with Crippen LogP contribution in [0.15, 0.2) is 41.0 Å². The van der Waals surface area contributed by atoms with Gasteiger partial charge in [0.15, 0.2) is 6.54 Å². The molecule has 1 aromatic carbocycles. The van der Waals surface area contributed by atoms with Crippen LogP contribution in [0.3, 0.4) is 0 Å². The quantitative estimate of drug-likeness (QED) is 0.844. The summed E-state index contributed by atoms with van der Waals surface area (Å²) in [5, 5.41) is 3.03. The largest absolute Gasteiger partial charge is 0.350 e. The summed E-state index contributed by atoms with van der Waals surface area (Å²) in [6, 6.07) is 10.6. The molecule has 1 aromatic heterocycles. The zero-order chi connectivity index (χ0) is 16.4. The molecule has 4 nitrogen and oxygen atoms in total. The molecule has 0 spiro atoms. The number of nitrogens with zero attached hydrogens (tertiary/aromatic N) is 1. The second kappa shape index (κ2) is 6.89. The molecule has 2 atom stereocenters. The third-order valence-corrected chi connectivity index (χ3v) is 5.27. The van der Waals surface area contributed by atoms with Crippen LogP contribution in [-0.4, -0.2) is 23.6 Å². The third kappa shape index (κ3) is 3.67. The minimum absolute atomic E-state index is 0.0747. The highest BCUT2D eigenvalue weighted by Gasteiger charge is 2.33. The van der Waals surface area contributed by atoms with Gasteiger partial charge in [-0.3, -0.25) is 4.79 Å². The molecule has 3 rings (SSSR count). The van der Waals surface area contributed by atoms with E-state index in [2.05, 4.69) is 51.2 Å². The minimum atomic E-state index is 0.0747. The Labute approximate surface area is 145 Å². The molecule has 1 saturated heterocycles. The Morgan fingerprint density at radius 2 is 2.26 bits per heavy atom. The van der Waals surface area contributed by atoms with Gasteiger partial charge >= 0.3 is 0 Å². The highest BCUT2D eigenvalue weighted by molar-refractivity contribution is 9.10. The van der Waals surface area contributed by atoms with Crippen LogP contribution < -0.4 is 10.2 Å². The summed E-state index contributed by atoms with van der Waals surface area (Å²) in [7, 11) is 2.08. The summed E-state index contributed by atoms with van der Waals surface area (Å²) in [5.41, 5.74) is 3.33. The molecule has 0 saturated carbocycles. The van der Waals surface area contributed by atoms with E-state index in [9.17, 15) is 4.79 Å². The molecule has 0 aliphatic carbocycles. The number of quaternary nitrogens is 1. The van der Waals surface area contributed by atoms with Crippen LogP contribution in [0.25, 0.3) is 0 Å². The number of amides is 1. The standard InChI is InChI=1S/C18H22BrN3O/c1-13-7-8-15(14(19)11-13)20-18(23)12-22-10-4-6-17(22)16-5-3-9-21(16)2/h3,5,7-9,11,17H,4,6,10,12H2,1-2H3,(H,20,23)/p+1/t17-/m1/s1. The van der Waals surface area contributed by atoms with Crippen molar-refractivity contribution in [2.75, 3.05) is 18.4 Å². The van der Waals surface area contributed by atoms with Crippen LogP contribution in [0, 0.1) is 6.92 Å². The topological polar surface area (TPSA) is 38.5 Å². The van der Waals surface area contributed by atoms with Gasteiger partial charge in [0.1, 0.15) is 6.04 Å². The monoisotopic (exact) mass is 376 g/mol. The van der Waals surface area contributed by atoms with Gasteiger partial charge < -0.3 is 14.8 Å². The number of aromatic nitrogens is 1. The summed E-state index contributed by atoms with van der Waals surface area (Å²) in [4.78, 5) is 13.8. The van der Waals surface area contributed by atoms with E-state index < -0.39 is 0 Å². The first kappa shape index (κ1) is 16.3. The van der Waals surface area contributed by atoms with Crippen molar-refractivity contribution in [3.05, 3.63) is 52.3 Å². The number of carbonyl (C=O) groups excluding carboxylic acids is 1. The summed E-state index contributed by atoms with van der Waals surface area (Å²) in [6.45, 7) is 3.60. The van der Waals surface area contributed by atoms with Gasteiger partial charge in [0.2, 0.25) is 0 Å². The maximum atomic E-state index is 12.4. The van der Waals surface area contributed by atoms with Crippen LogP contribution in [0.1, 0.15) is 30.1 Å². The fourth-order valence-electron chi connectivity index (χ4n) is 3.44. The molecule has 2 aromatic rings. The van der Waals surface area contributed by atoms with E-state index in [-0.39, 0.29) is 5.91 Å². The smallest absolute Gasteiger partial charge is 0.279 e. The van der Waals surface area contributed by atoms with E-state index in [1.165, 1.54) is 22.6 Å². The number of hydrogen-bond donors (Lipinski definition) is 2. The Bertz CT molecular complexity index is 710. The molecular weight excluding hydrogens is 354 g/mol. The van der Waals surface area contributed by atoms with Crippen LogP contribution in [0.5, 0.6) is 0 Å². The normalized spacial score (nSPS) is 20.7. The van der Waals surface area contributed by atoms with Crippen molar-refractivity contribution in [2.45, 2.75) is 25.8 Å². The molecular formula is C18H23BrN3O+. The maximum Gasteiger partial charge on any atom is 0.279 e. The first-order valence-electron chi connectivity index (χ1n) is 8.06. The van der Waals surface area contributed by atoms with E-state index in [4.69, 9.17) is 0 Å². The van der Waals surface area contributed by atoms with Crippen molar-refractivity contribution in [3.8, 4) is 0 Å². The van der Waals surface area contributed by atoms with Crippen molar-refractivity contribution in [2.24, 2.45) is 7.05 Å². The van der Waals surface area contributed by atoms with Gasteiger partial charge in [-0.05, 0) is 52.7 Å². The second-order valence-electron chi connectivity index (χ2n) is 6.36. The molecule has 1 unspecified atom stereocenters. The van der Waals surface area contributed by atoms with Gasteiger partial charge in [-0.1, -0.05) is 6.07 Å². The highest BCUT2D eigenvalue weighted by atomic mass is 79.9. The van der Waals surface area contributed by atoms with E-state index in [0.29, 0.717) is 12.6 Å². The van der Waals surface area contributed by atoms with E-state index in [1.807, 2.05) is 25.1 Å².